The summed E-state index contributed by atoms with van der Waals surface area (Å²) in [7, 11) is -0.243. The molecule has 1 heterocycles. The number of hydrogen-bond acceptors (Lipinski definition) is 6. The minimum absolute atomic E-state index is 0.0144. The maximum Gasteiger partial charge on any atom is 0.264 e. The summed E-state index contributed by atoms with van der Waals surface area (Å²) in [4.78, 5) is 26.9. The molecule has 1 amide bonds. The van der Waals surface area contributed by atoms with Gasteiger partial charge in [-0.25, -0.2) is 22.7 Å². The van der Waals surface area contributed by atoms with Crippen molar-refractivity contribution in [2.24, 2.45) is 0 Å². The van der Waals surface area contributed by atoms with E-state index in [9.17, 15) is 22.4 Å². The van der Waals surface area contributed by atoms with Gasteiger partial charge >= 0.3 is 0 Å². The van der Waals surface area contributed by atoms with Gasteiger partial charge in [0.05, 0.1) is 5.39 Å². The number of nitrogens with zero attached hydrogens (tertiary/aromatic N) is 2. The van der Waals surface area contributed by atoms with E-state index in [-0.39, 0.29) is 29.3 Å². The Labute approximate surface area is 201 Å². The van der Waals surface area contributed by atoms with Crippen LogP contribution in [0.3, 0.4) is 0 Å². The van der Waals surface area contributed by atoms with Crippen molar-refractivity contribution in [1.82, 2.24) is 14.9 Å². The van der Waals surface area contributed by atoms with Crippen LogP contribution in [0.2, 0.25) is 0 Å². The van der Waals surface area contributed by atoms with Gasteiger partial charge in [0.2, 0.25) is 0 Å². The second-order valence-electron chi connectivity index (χ2n) is 8.98. The number of hydrogen-bond donors (Lipinski definition) is 2. The number of carbonyl (C=O) groups excluding carboxylic acids is 1. The number of carbonyl (C=O) groups is 1. The monoisotopic (exact) mass is 507 g/mol. The predicted molar refractivity (Wildman–Crippen MR) is 129 cm³/mol. The highest BCUT2D eigenvalue weighted by atomic mass is 32.2. The Morgan fingerprint density at radius 2 is 1.80 bits per heavy atom. The quantitative estimate of drug-likeness (QED) is 0.359. The van der Waals surface area contributed by atoms with E-state index in [2.05, 4.69) is 0 Å². The average Bonchev–Trinajstić information content (AvgIpc) is 2.78. The first kappa shape index (κ1) is 26.5. The van der Waals surface area contributed by atoms with Gasteiger partial charge in [-0.3, -0.25) is 14.8 Å². The number of amides is 1. The maximum absolute atomic E-state index is 15.0. The molecule has 11 heteroatoms. The Morgan fingerprint density at radius 3 is 2.37 bits per heavy atom. The molecule has 1 atom stereocenters. The molecule has 0 unspecified atom stereocenters. The number of rotatable bonds is 8. The molecule has 1 aromatic heterocycles. The third kappa shape index (κ3) is 5.26. The number of hydroxylamine groups is 1. The Hall–Kier alpha value is -3.15. The fourth-order valence-electron chi connectivity index (χ4n) is 3.86. The molecule has 0 radical (unpaired) electrons. The topological polar surface area (TPSA) is 109 Å². The Kier molecular flexibility index (Phi) is 7.44. The van der Waals surface area contributed by atoms with Crippen molar-refractivity contribution < 1.29 is 27.2 Å². The van der Waals surface area contributed by atoms with Crippen LogP contribution in [0.4, 0.5) is 8.78 Å². The molecule has 2 N–H and O–H groups in total. The van der Waals surface area contributed by atoms with Crippen molar-refractivity contribution in [2.45, 2.75) is 31.2 Å². The molecule has 0 aliphatic heterocycles. The number of sulfone groups is 1. The minimum atomic E-state index is -3.98. The second kappa shape index (κ2) is 9.84. The molecule has 188 valence electrons. The van der Waals surface area contributed by atoms with Crippen LogP contribution in [0.1, 0.15) is 18.9 Å². The van der Waals surface area contributed by atoms with Crippen molar-refractivity contribution in [2.75, 3.05) is 20.4 Å². The molecule has 0 saturated heterocycles. The van der Waals surface area contributed by atoms with E-state index < -0.39 is 37.7 Å². The number of halogens is 2. The molecule has 3 rings (SSSR count). The van der Waals surface area contributed by atoms with E-state index in [1.165, 1.54) is 29.7 Å². The summed E-state index contributed by atoms with van der Waals surface area (Å²) in [5, 5.41) is 8.95. The van der Waals surface area contributed by atoms with E-state index in [1.807, 2.05) is 19.0 Å². The standard InChI is InChI=1S/C24H27F2N3O5S/c1-24(23(31)27-32,35(4,33)34)9-10-29-14-21(26)19-12-16(6-8-18(19)22(29)30)17-7-5-15(11-20(17)25)13-28(2)3/h5-8,11-12,14,32H,9-10,13H2,1-4H3,(H,27,31)/t24-/m0/s1. The van der Waals surface area contributed by atoms with Crippen LogP contribution in [-0.4, -0.2) is 54.1 Å². The van der Waals surface area contributed by atoms with Crippen molar-refractivity contribution >= 4 is 26.5 Å². The average molecular weight is 508 g/mol. The lowest BCUT2D eigenvalue weighted by Gasteiger charge is -2.25. The molecule has 0 bridgehead atoms. The van der Waals surface area contributed by atoms with Crippen molar-refractivity contribution in [3.63, 3.8) is 0 Å². The van der Waals surface area contributed by atoms with Gasteiger partial charge < -0.3 is 9.47 Å². The van der Waals surface area contributed by atoms with Crippen molar-refractivity contribution in [3.8, 4) is 11.1 Å². The lowest BCUT2D eigenvalue weighted by atomic mass is 10.00. The number of fused-ring (bicyclic) bond motifs is 1. The van der Waals surface area contributed by atoms with Gasteiger partial charge in [0.1, 0.15) is 11.6 Å². The second-order valence-corrected chi connectivity index (χ2v) is 11.4. The zero-order valence-electron chi connectivity index (χ0n) is 19.8. The minimum Gasteiger partial charge on any atom is -0.312 e. The molecule has 0 aliphatic rings. The first-order valence-corrected chi connectivity index (χ1v) is 12.6. The number of aryl methyl sites for hydroxylation is 1. The Morgan fingerprint density at radius 1 is 1.11 bits per heavy atom. The molecular weight excluding hydrogens is 480 g/mol. The van der Waals surface area contributed by atoms with E-state index >= 15 is 4.39 Å². The third-order valence-electron chi connectivity index (χ3n) is 6.11. The van der Waals surface area contributed by atoms with Crippen molar-refractivity contribution in [3.05, 3.63) is 70.1 Å². The smallest absolute Gasteiger partial charge is 0.264 e. The summed E-state index contributed by atoms with van der Waals surface area (Å²) in [6.07, 6.45) is 1.37. The van der Waals surface area contributed by atoms with E-state index in [0.29, 0.717) is 12.1 Å². The summed E-state index contributed by atoms with van der Waals surface area (Å²) in [6.45, 7) is 1.37. The SMILES string of the molecule is CN(C)Cc1ccc(-c2ccc3c(=O)n(CC[C@@](C)(C(=O)NO)S(C)(=O)=O)cc(F)c3c2)c(F)c1. The van der Waals surface area contributed by atoms with Gasteiger partial charge in [-0.15, -0.1) is 0 Å². The number of aromatic nitrogens is 1. The molecule has 3 aromatic rings. The number of nitrogens with one attached hydrogen (secondary N) is 1. The van der Waals surface area contributed by atoms with E-state index in [1.54, 1.807) is 12.1 Å². The van der Waals surface area contributed by atoms with Gasteiger partial charge in [-0.05, 0) is 56.8 Å². The van der Waals surface area contributed by atoms with E-state index in [0.717, 1.165) is 29.5 Å². The van der Waals surface area contributed by atoms with Crippen LogP contribution < -0.4 is 11.0 Å². The summed E-state index contributed by atoms with van der Waals surface area (Å²) in [5.41, 5.74) is 2.16. The molecule has 8 nitrogen and oxygen atoms in total. The van der Waals surface area contributed by atoms with Crippen LogP contribution in [0.15, 0.2) is 47.4 Å². The van der Waals surface area contributed by atoms with E-state index in [4.69, 9.17) is 5.21 Å². The Balaban J connectivity index is 1.99. The summed E-state index contributed by atoms with van der Waals surface area (Å²) in [6, 6.07) is 9.08. The molecule has 0 fully saturated rings. The summed E-state index contributed by atoms with van der Waals surface area (Å²) in [5.74, 6) is -2.39. The largest absolute Gasteiger partial charge is 0.312 e. The zero-order valence-corrected chi connectivity index (χ0v) is 20.6. The molecule has 0 saturated carbocycles. The van der Waals surface area contributed by atoms with Gasteiger partial charge in [0.25, 0.3) is 11.5 Å². The lowest BCUT2D eigenvalue weighted by Crippen LogP contribution is -2.50. The summed E-state index contributed by atoms with van der Waals surface area (Å²) < 4.78 is 53.0. The maximum atomic E-state index is 15.0. The fraction of sp³-hybridized carbons (Fsp3) is 0.333. The normalized spacial score (nSPS) is 13.7. The first-order chi connectivity index (χ1) is 16.3. The van der Waals surface area contributed by atoms with Gasteiger partial charge in [-0.2, -0.15) is 0 Å². The number of pyridine rings is 1. The van der Waals surface area contributed by atoms with Crippen LogP contribution in [0.25, 0.3) is 21.9 Å². The van der Waals surface area contributed by atoms with Crippen LogP contribution in [0, 0.1) is 11.6 Å². The highest BCUT2D eigenvalue weighted by Crippen LogP contribution is 2.28. The van der Waals surface area contributed by atoms with Gasteiger partial charge in [-0.1, -0.05) is 18.2 Å². The van der Waals surface area contributed by atoms with Crippen molar-refractivity contribution in [1.29, 1.82) is 0 Å². The fourth-order valence-corrected chi connectivity index (χ4v) is 4.70. The van der Waals surface area contributed by atoms with Crippen LogP contribution >= 0.6 is 0 Å². The highest BCUT2D eigenvalue weighted by Gasteiger charge is 2.43. The predicted octanol–water partition coefficient (Wildman–Crippen LogP) is 2.71. The molecule has 0 aliphatic carbocycles. The van der Waals surface area contributed by atoms with Gasteiger partial charge in [0, 0.05) is 36.5 Å². The van der Waals surface area contributed by atoms with Gasteiger partial charge in [0.15, 0.2) is 14.6 Å². The third-order valence-corrected chi connectivity index (χ3v) is 8.14. The lowest BCUT2D eigenvalue weighted by molar-refractivity contribution is -0.131. The number of benzene rings is 2. The molecule has 35 heavy (non-hydrogen) atoms. The molecular formula is C24H27F2N3O5S. The molecule has 2 aromatic carbocycles. The highest BCUT2D eigenvalue weighted by molar-refractivity contribution is 7.92. The van der Waals surface area contributed by atoms with Crippen LogP contribution in [0.5, 0.6) is 0 Å². The summed E-state index contributed by atoms with van der Waals surface area (Å²) >= 11 is 0. The van der Waals surface area contributed by atoms with Crippen LogP contribution in [-0.2, 0) is 27.7 Å². The first-order valence-electron chi connectivity index (χ1n) is 10.7. The Bertz CT molecular complexity index is 1450. The zero-order chi connectivity index (χ0) is 26.1. The molecule has 0 spiro atoms.